The van der Waals surface area contributed by atoms with Crippen LogP contribution >= 0.6 is 15.9 Å². The van der Waals surface area contributed by atoms with E-state index in [2.05, 4.69) is 156 Å². The first-order valence-electron chi connectivity index (χ1n) is 28.4. The van der Waals surface area contributed by atoms with E-state index in [-0.39, 0.29) is 28.4 Å². The fraction of sp³-hybridized carbons (Fsp3) is 0.507. The van der Waals surface area contributed by atoms with Gasteiger partial charge in [-0.1, -0.05) is 200 Å². The zero-order valence-electron chi connectivity index (χ0n) is 47.8. The molecule has 3 saturated heterocycles. The lowest BCUT2D eigenvalue weighted by Gasteiger charge is -2.27. The SMILES string of the molecule is CC(C)(C)c1ccc(Br)cc1.CC(C)(C)c1ccc(C2(O)C[C@H]3CN(C(=O)OCc4ccccc4)C[C@H]3C2)cc1.CC(C)(C)c1ccc(C2(O)C[C@H]3CNC[C@H]3C2)cc1.O=C1C[C@@H]2CN(C(=O)OCc3ccccc3)C[C@@H]2C1. The average molecular weight is 1130 g/mol. The number of ketones is 1. The zero-order chi connectivity index (χ0) is 56.0. The Morgan fingerprint density at radius 3 is 1.17 bits per heavy atom. The second-order valence-corrected chi connectivity index (χ2v) is 27.3. The quantitative estimate of drug-likeness (QED) is 0.153. The molecule has 3 heterocycles. The normalized spacial score (nSPS) is 26.1. The van der Waals surface area contributed by atoms with Gasteiger partial charge >= 0.3 is 12.2 Å². The number of nitrogens with one attached hydrogen (secondary N) is 1. The molecule has 418 valence electrons. The van der Waals surface area contributed by atoms with Crippen molar-refractivity contribution < 1.29 is 34.1 Å². The van der Waals surface area contributed by atoms with E-state index in [1.54, 1.807) is 9.80 Å². The summed E-state index contributed by atoms with van der Waals surface area (Å²) in [6.45, 7) is 25.4. The Morgan fingerprint density at radius 1 is 0.500 bits per heavy atom. The molecule has 6 aliphatic rings. The summed E-state index contributed by atoms with van der Waals surface area (Å²) in [5.41, 5.74) is 7.24. The molecule has 11 rings (SSSR count). The largest absolute Gasteiger partial charge is 0.445 e. The minimum atomic E-state index is -0.786. The summed E-state index contributed by atoms with van der Waals surface area (Å²) in [6, 6.07) is 44.9. The summed E-state index contributed by atoms with van der Waals surface area (Å²) < 4.78 is 11.9. The first kappa shape index (κ1) is 58.8. The number of likely N-dealkylation sites (tertiary alicyclic amines) is 2. The zero-order valence-corrected chi connectivity index (χ0v) is 49.4. The summed E-state index contributed by atoms with van der Waals surface area (Å²) in [7, 11) is 0. The lowest BCUT2D eigenvalue weighted by atomic mass is 9.84. The van der Waals surface area contributed by atoms with E-state index in [0.717, 1.165) is 52.7 Å². The fourth-order valence-electron chi connectivity index (χ4n) is 12.5. The van der Waals surface area contributed by atoms with Crippen molar-refractivity contribution in [1.29, 1.82) is 0 Å². The number of ether oxygens (including phenoxy) is 2. The molecule has 8 atom stereocenters. The molecule has 78 heavy (non-hydrogen) atoms. The highest BCUT2D eigenvalue weighted by atomic mass is 79.9. The van der Waals surface area contributed by atoms with Crippen molar-refractivity contribution in [2.75, 3.05) is 39.3 Å². The van der Waals surface area contributed by atoms with Gasteiger partial charge in [0.05, 0.1) is 11.2 Å². The number of aliphatic hydroxyl groups is 2. The Kier molecular flexibility index (Phi) is 18.5. The molecule has 0 radical (unpaired) electrons. The van der Waals surface area contributed by atoms with Gasteiger partial charge in [0.15, 0.2) is 0 Å². The summed E-state index contributed by atoms with van der Waals surface area (Å²) in [4.78, 5) is 39.3. The van der Waals surface area contributed by atoms with Gasteiger partial charge in [0.2, 0.25) is 0 Å². The number of halogens is 1. The predicted octanol–water partition coefficient (Wildman–Crippen LogP) is 13.6. The van der Waals surface area contributed by atoms with Crippen LogP contribution in [-0.2, 0) is 54.9 Å². The van der Waals surface area contributed by atoms with E-state index in [4.69, 9.17) is 9.47 Å². The summed E-state index contributed by atoms with van der Waals surface area (Å²) in [5.74, 6) is 3.03. The third kappa shape index (κ3) is 15.1. The van der Waals surface area contributed by atoms with Gasteiger partial charge in [0, 0.05) is 43.5 Å². The first-order chi connectivity index (χ1) is 36.8. The maximum atomic E-state index is 12.5. The Labute approximate surface area is 473 Å². The van der Waals surface area contributed by atoms with Gasteiger partial charge in [-0.2, -0.15) is 0 Å². The second-order valence-electron chi connectivity index (χ2n) is 26.3. The molecule has 5 aromatic carbocycles. The first-order valence-corrected chi connectivity index (χ1v) is 29.2. The van der Waals surface area contributed by atoms with E-state index < -0.39 is 11.2 Å². The lowest BCUT2D eigenvalue weighted by Crippen LogP contribution is -2.32. The highest BCUT2D eigenvalue weighted by Crippen LogP contribution is 2.50. The monoisotopic (exact) mass is 1120 g/mol. The average Bonchev–Trinajstić information content (AvgIpc) is 4.39. The van der Waals surface area contributed by atoms with Crippen molar-refractivity contribution in [3.8, 4) is 0 Å². The standard InChI is InChI=1S/C25H31NO3.C17H25NO.C15H17NO3.C10H13Br/c1-24(2,3)21-9-11-22(12-10-21)25(28)13-19-15-26(16-20(19)14-25)23(27)29-17-18-7-5-4-6-8-18;1-16(2,3)14-4-6-15(7-5-14)17(19)8-12-10-18-11-13(12)9-17;17-14-6-12-8-16(9-13(12)7-14)15(18)19-10-11-4-2-1-3-5-11;1-10(2,3)8-4-6-9(11)7-5-8/h4-12,19-20,28H,13-17H2,1-3H3;4-7,12-13,18-19H,8-11H2,1-3H3;1-5,12-13H,6-10H2;4-7H,1-3H3/t19-,20+,25?;12-,13+,17?;12-,13+;. The maximum Gasteiger partial charge on any atom is 0.410 e. The molecule has 5 aromatic rings. The van der Waals surface area contributed by atoms with Gasteiger partial charge in [0.1, 0.15) is 19.0 Å². The van der Waals surface area contributed by atoms with Crippen LogP contribution in [0, 0.1) is 35.5 Å². The highest BCUT2D eigenvalue weighted by Gasteiger charge is 2.51. The van der Waals surface area contributed by atoms with Crippen LogP contribution in [0.3, 0.4) is 0 Å². The van der Waals surface area contributed by atoms with Crippen molar-refractivity contribution >= 4 is 33.9 Å². The van der Waals surface area contributed by atoms with E-state index in [1.165, 1.54) is 16.7 Å². The highest BCUT2D eigenvalue weighted by molar-refractivity contribution is 9.10. The van der Waals surface area contributed by atoms with E-state index >= 15 is 0 Å². The molecular formula is C67H86BrN3O7. The van der Waals surface area contributed by atoms with Crippen LogP contribution < -0.4 is 5.32 Å². The van der Waals surface area contributed by atoms with Crippen LogP contribution in [0.2, 0.25) is 0 Å². The third-order valence-corrected chi connectivity index (χ3v) is 17.8. The number of hydrogen-bond acceptors (Lipinski definition) is 8. The minimum Gasteiger partial charge on any atom is -0.445 e. The van der Waals surface area contributed by atoms with Crippen molar-refractivity contribution in [2.45, 2.75) is 141 Å². The summed E-state index contributed by atoms with van der Waals surface area (Å²) >= 11 is 3.41. The van der Waals surface area contributed by atoms with Crippen molar-refractivity contribution in [3.63, 3.8) is 0 Å². The van der Waals surface area contributed by atoms with Gasteiger partial charge in [-0.05, 0) is 142 Å². The number of carbonyl (C=O) groups excluding carboxylic acids is 3. The number of fused-ring (bicyclic) bond motifs is 3. The summed E-state index contributed by atoms with van der Waals surface area (Å²) in [6.07, 6.45) is 4.00. The van der Waals surface area contributed by atoms with Crippen LogP contribution in [0.5, 0.6) is 0 Å². The minimum absolute atomic E-state index is 0.105. The Bertz CT molecular complexity index is 2720. The molecule has 3 aliphatic carbocycles. The second kappa shape index (κ2) is 24.6. The number of nitrogens with zero attached hydrogens (tertiary/aromatic N) is 2. The van der Waals surface area contributed by atoms with Crippen LogP contribution in [0.4, 0.5) is 9.59 Å². The van der Waals surface area contributed by atoms with Crippen LogP contribution in [-0.4, -0.2) is 77.3 Å². The Balaban J connectivity index is 0.000000144. The van der Waals surface area contributed by atoms with Crippen molar-refractivity contribution in [3.05, 3.63) is 177 Å². The smallest absolute Gasteiger partial charge is 0.410 e. The molecule has 3 saturated carbocycles. The van der Waals surface area contributed by atoms with E-state index in [0.29, 0.717) is 106 Å². The van der Waals surface area contributed by atoms with Crippen LogP contribution in [0.15, 0.2) is 138 Å². The number of Topliss-reactive ketones (excluding diaryl/α,β-unsaturated/α-hetero) is 1. The number of amides is 2. The van der Waals surface area contributed by atoms with Crippen LogP contribution in [0.25, 0.3) is 0 Å². The molecule has 0 spiro atoms. The number of rotatable bonds is 6. The molecule has 3 aliphatic heterocycles. The fourth-order valence-corrected chi connectivity index (χ4v) is 12.8. The molecule has 10 nitrogen and oxygen atoms in total. The van der Waals surface area contributed by atoms with Crippen molar-refractivity contribution in [2.24, 2.45) is 35.5 Å². The summed E-state index contributed by atoms with van der Waals surface area (Å²) in [5, 5.41) is 25.7. The Morgan fingerprint density at radius 2 is 0.821 bits per heavy atom. The Hall–Kier alpha value is -5.33. The molecule has 11 heteroatoms. The van der Waals surface area contributed by atoms with Gasteiger partial charge < -0.3 is 34.8 Å². The molecular weight excluding hydrogens is 1040 g/mol. The van der Waals surface area contributed by atoms with Crippen molar-refractivity contribution in [1.82, 2.24) is 15.1 Å². The van der Waals surface area contributed by atoms with E-state index in [9.17, 15) is 24.6 Å². The molecule has 2 unspecified atom stereocenters. The third-order valence-electron chi connectivity index (χ3n) is 17.2. The topological polar surface area (TPSA) is 129 Å². The van der Waals surface area contributed by atoms with Crippen LogP contribution in [0.1, 0.15) is 140 Å². The molecule has 0 bridgehead atoms. The van der Waals surface area contributed by atoms with Gasteiger partial charge in [-0.3, -0.25) is 4.79 Å². The predicted molar refractivity (Wildman–Crippen MR) is 314 cm³/mol. The molecule has 6 fully saturated rings. The van der Waals surface area contributed by atoms with E-state index in [1.807, 2.05) is 60.7 Å². The number of carbonyl (C=O) groups is 3. The van der Waals surface area contributed by atoms with Gasteiger partial charge in [-0.15, -0.1) is 0 Å². The van der Waals surface area contributed by atoms with Gasteiger partial charge in [-0.25, -0.2) is 9.59 Å². The number of hydrogen-bond donors (Lipinski definition) is 3. The molecule has 2 amide bonds. The number of benzene rings is 5. The molecule has 3 N–H and O–H groups in total. The lowest BCUT2D eigenvalue weighted by molar-refractivity contribution is -0.118. The van der Waals surface area contributed by atoms with Gasteiger partial charge in [0.25, 0.3) is 0 Å². The molecule has 0 aromatic heterocycles. The maximum absolute atomic E-state index is 12.5.